The van der Waals surface area contributed by atoms with E-state index in [2.05, 4.69) is 46.9 Å². The number of rotatable bonds is 3. The first-order chi connectivity index (χ1) is 6.71. The lowest BCUT2D eigenvalue weighted by atomic mass is 9.88. The Morgan fingerprint density at radius 3 is 2.40 bits per heavy atom. The molecule has 0 bridgehead atoms. The number of hydrogen-bond donors (Lipinski definition) is 1. The minimum atomic E-state index is 0.0946. The zero-order chi connectivity index (χ0) is 11.7. The molecule has 0 radical (unpaired) electrons. The van der Waals surface area contributed by atoms with Crippen LogP contribution in [-0.2, 0) is 4.74 Å². The van der Waals surface area contributed by atoms with Gasteiger partial charge in [-0.3, -0.25) is 0 Å². The Morgan fingerprint density at radius 2 is 2.00 bits per heavy atom. The van der Waals surface area contributed by atoms with Gasteiger partial charge in [0.05, 0.1) is 11.7 Å². The van der Waals surface area contributed by atoms with Crippen molar-refractivity contribution >= 4 is 0 Å². The Morgan fingerprint density at radius 1 is 1.40 bits per heavy atom. The van der Waals surface area contributed by atoms with E-state index in [4.69, 9.17) is 4.74 Å². The maximum Gasteiger partial charge on any atom is 0.0707 e. The highest BCUT2D eigenvalue weighted by atomic mass is 16.5. The van der Waals surface area contributed by atoms with Crippen molar-refractivity contribution in [3.05, 3.63) is 0 Å². The van der Waals surface area contributed by atoms with E-state index in [-0.39, 0.29) is 5.60 Å². The van der Waals surface area contributed by atoms with Gasteiger partial charge in [0.1, 0.15) is 0 Å². The predicted molar refractivity (Wildman–Crippen MR) is 65.1 cm³/mol. The largest absolute Gasteiger partial charge is 0.371 e. The fourth-order valence-electron chi connectivity index (χ4n) is 1.84. The molecule has 2 heteroatoms. The van der Waals surface area contributed by atoms with E-state index in [9.17, 15) is 0 Å². The number of hydrogen-bond acceptors (Lipinski definition) is 2. The molecule has 1 fully saturated rings. The third-order valence-corrected chi connectivity index (χ3v) is 3.50. The fourth-order valence-corrected chi connectivity index (χ4v) is 1.84. The van der Waals surface area contributed by atoms with Crippen molar-refractivity contribution in [1.82, 2.24) is 5.32 Å². The van der Waals surface area contributed by atoms with Crippen LogP contribution < -0.4 is 5.32 Å². The first kappa shape index (κ1) is 13.0. The predicted octanol–water partition coefficient (Wildman–Crippen LogP) is 2.97. The topological polar surface area (TPSA) is 21.3 Å². The van der Waals surface area contributed by atoms with Crippen molar-refractivity contribution in [2.24, 2.45) is 5.41 Å². The van der Waals surface area contributed by atoms with Gasteiger partial charge in [0.2, 0.25) is 0 Å². The molecular formula is C13H27NO. The monoisotopic (exact) mass is 213 g/mol. The van der Waals surface area contributed by atoms with Gasteiger partial charge in [-0.2, -0.15) is 0 Å². The molecule has 0 aliphatic carbocycles. The van der Waals surface area contributed by atoms with Gasteiger partial charge in [0, 0.05) is 12.6 Å². The summed E-state index contributed by atoms with van der Waals surface area (Å²) in [6.07, 6.45) is 2.78. The number of nitrogens with one attached hydrogen (secondary N) is 1. The lowest BCUT2D eigenvalue weighted by molar-refractivity contribution is -0.0161. The maximum absolute atomic E-state index is 5.95. The highest BCUT2D eigenvalue weighted by Crippen LogP contribution is 2.29. The van der Waals surface area contributed by atoms with Crippen LogP contribution in [0.15, 0.2) is 0 Å². The lowest BCUT2D eigenvalue weighted by Crippen LogP contribution is -2.41. The fraction of sp³-hybridized carbons (Fsp3) is 1.00. The minimum absolute atomic E-state index is 0.0946. The second-order valence-electron chi connectivity index (χ2n) is 6.53. The van der Waals surface area contributed by atoms with Crippen LogP contribution in [0.25, 0.3) is 0 Å². The molecule has 0 saturated carbocycles. The molecule has 1 N–H and O–H groups in total. The Labute approximate surface area is 94.8 Å². The Hall–Kier alpha value is -0.0800. The minimum Gasteiger partial charge on any atom is -0.371 e. The second-order valence-corrected chi connectivity index (χ2v) is 6.53. The van der Waals surface area contributed by atoms with Crippen LogP contribution in [0.3, 0.4) is 0 Å². The van der Waals surface area contributed by atoms with Crippen LogP contribution in [0, 0.1) is 5.41 Å². The molecule has 1 saturated heterocycles. The summed E-state index contributed by atoms with van der Waals surface area (Å²) in [5.74, 6) is 0. The molecule has 1 aliphatic heterocycles. The van der Waals surface area contributed by atoms with Crippen LogP contribution >= 0.6 is 0 Å². The third kappa shape index (κ3) is 4.12. The first-order valence-corrected chi connectivity index (χ1v) is 6.12. The molecule has 2 nitrogen and oxygen atoms in total. The molecule has 0 amide bonds. The third-order valence-electron chi connectivity index (χ3n) is 3.50. The summed E-state index contributed by atoms with van der Waals surface area (Å²) in [5.41, 5.74) is 0.422. The summed E-state index contributed by atoms with van der Waals surface area (Å²) >= 11 is 0. The maximum atomic E-state index is 5.95. The average molecular weight is 213 g/mol. The van der Waals surface area contributed by atoms with Gasteiger partial charge in [0.25, 0.3) is 0 Å². The van der Waals surface area contributed by atoms with E-state index in [1.165, 1.54) is 12.8 Å². The van der Waals surface area contributed by atoms with E-state index in [1.54, 1.807) is 0 Å². The average Bonchev–Trinajstić information content (AvgIpc) is 2.39. The van der Waals surface area contributed by atoms with E-state index in [0.29, 0.717) is 17.6 Å². The van der Waals surface area contributed by atoms with Crippen molar-refractivity contribution in [2.45, 2.75) is 72.1 Å². The van der Waals surface area contributed by atoms with Gasteiger partial charge >= 0.3 is 0 Å². The van der Waals surface area contributed by atoms with Crippen molar-refractivity contribution < 1.29 is 4.74 Å². The van der Waals surface area contributed by atoms with E-state index in [0.717, 1.165) is 6.54 Å². The molecule has 0 aromatic heterocycles. The van der Waals surface area contributed by atoms with Gasteiger partial charge in [-0.05, 0) is 39.0 Å². The second kappa shape index (κ2) is 4.42. The molecule has 1 aliphatic rings. The van der Waals surface area contributed by atoms with Crippen molar-refractivity contribution in [3.63, 3.8) is 0 Å². The molecule has 1 heterocycles. The van der Waals surface area contributed by atoms with Crippen molar-refractivity contribution in [3.8, 4) is 0 Å². The van der Waals surface area contributed by atoms with Gasteiger partial charge in [-0.1, -0.05) is 20.8 Å². The van der Waals surface area contributed by atoms with Crippen LogP contribution in [0.4, 0.5) is 0 Å². The zero-order valence-corrected chi connectivity index (χ0v) is 11.2. The van der Waals surface area contributed by atoms with Crippen molar-refractivity contribution in [1.29, 1.82) is 0 Å². The number of ether oxygens (including phenoxy) is 1. The highest BCUT2D eigenvalue weighted by molar-refractivity contribution is 4.84. The van der Waals surface area contributed by atoms with Crippen LogP contribution in [-0.4, -0.2) is 24.3 Å². The Bertz CT molecular complexity index is 205. The molecule has 0 aromatic carbocycles. The van der Waals surface area contributed by atoms with E-state index < -0.39 is 0 Å². The quantitative estimate of drug-likeness (QED) is 0.778. The Balaban J connectivity index is 2.27. The van der Waals surface area contributed by atoms with E-state index in [1.807, 2.05) is 0 Å². The first-order valence-electron chi connectivity index (χ1n) is 6.12. The molecule has 2 atom stereocenters. The molecule has 2 unspecified atom stereocenters. The molecule has 0 spiro atoms. The summed E-state index contributed by atoms with van der Waals surface area (Å²) in [4.78, 5) is 0. The van der Waals surface area contributed by atoms with Gasteiger partial charge in [-0.25, -0.2) is 0 Å². The van der Waals surface area contributed by atoms with Gasteiger partial charge < -0.3 is 10.1 Å². The smallest absolute Gasteiger partial charge is 0.0707 e. The molecule has 0 aromatic rings. The van der Waals surface area contributed by atoms with E-state index >= 15 is 0 Å². The normalized spacial score (nSPS) is 28.0. The van der Waals surface area contributed by atoms with Gasteiger partial charge in [-0.15, -0.1) is 0 Å². The summed E-state index contributed by atoms with van der Waals surface area (Å²) in [7, 11) is 0. The summed E-state index contributed by atoms with van der Waals surface area (Å²) in [6, 6.07) is 0.532. The lowest BCUT2D eigenvalue weighted by Gasteiger charge is -2.29. The van der Waals surface area contributed by atoms with Gasteiger partial charge in [0.15, 0.2) is 0 Å². The summed E-state index contributed by atoms with van der Waals surface area (Å²) in [6.45, 7) is 14.4. The van der Waals surface area contributed by atoms with Crippen LogP contribution in [0.1, 0.15) is 54.4 Å². The molecule has 15 heavy (non-hydrogen) atoms. The molecular weight excluding hydrogens is 186 g/mol. The molecule has 90 valence electrons. The highest BCUT2D eigenvalue weighted by Gasteiger charge is 2.32. The summed E-state index contributed by atoms with van der Waals surface area (Å²) in [5, 5.41) is 3.58. The zero-order valence-electron chi connectivity index (χ0n) is 11.2. The summed E-state index contributed by atoms with van der Waals surface area (Å²) < 4.78 is 5.95. The Kier molecular flexibility index (Phi) is 3.83. The molecule has 1 rings (SSSR count). The van der Waals surface area contributed by atoms with Crippen LogP contribution in [0.5, 0.6) is 0 Å². The van der Waals surface area contributed by atoms with Crippen LogP contribution in [0.2, 0.25) is 0 Å². The standard InChI is InChI=1S/C13H27NO/c1-10(12(2,3)4)14-9-11-7-8-13(5,6)15-11/h10-11,14H,7-9H2,1-6H3. The van der Waals surface area contributed by atoms with Crippen molar-refractivity contribution in [2.75, 3.05) is 6.54 Å². The SMILES string of the molecule is CC(NCC1CCC(C)(C)O1)C(C)(C)C.